The molecule has 2 rings (SSSR count). The normalized spacial score (nSPS) is 16.9. The summed E-state index contributed by atoms with van der Waals surface area (Å²) in [7, 11) is 0. The summed E-state index contributed by atoms with van der Waals surface area (Å²) < 4.78 is 0. The lowest BCUT2D eigenvalue weighted by Gasteiger charge is -2.20. The second kappa shape index (κ2) is 4.92. The fraction of sp³-hybridized carbons (Fsp3) is 0.545. The van der Waals surface area contributed by atoms with Crippen LogP contribution < -0.4 is 10.6 Å². The Labute approximate surface area is 95.2 Å². The SMILES string of the molecule is N=C(N)c1cnc(N2CCCCCC2)cn1. The number of anilines is 1. The van der Waals surface area contributed by atoms with E-state index in [-0.39, 0.29) is 5.84 Å². The molecule has 0 aliphatic carbocycles. The first-order valence-electron chi connectivity index (χ1n) is 5.69. The quantitative estimate of drug-likeness (QED) is 0.577. The maximum Gasteiger partial charge on any atom is 0.147 e. The Hall–Kier alpha value is -1.65. The molecule has 5 heteroatoms. The Kier molecular flexibility index (Phi) is 3.34. The van der Waals surface area contributed by atoms with Gasteiger partial charge in [-0.25, -0.2) is 9.97 Å². The largest absolute Gasteiger partial charge is 0.382 e. The predicted molar refractivity (Wildman–Crippen MR) is 63.7 cm³/mol. The lowest BCUT2D eigenvalue weighted by Crippen LogP contribution is -2.25. The third-order valence-corrected chi connectivity index (χ3v) is 2.84. The summed E-state index contributed by atoms with van der Waals surface area (Å²) >= 11 is 0. The number of amidine groups is 1. The first-order valence-corrected chi connectivity index (χ1v) is 5.69. The van der Waals surface area contributed by atoms with Crippen LogP contribution in [0.4, 0.5) is 5.82 Å². The van der Waals surface area contributed by atoms with Crippen LogP contribution in [0.1, 0.15) is 31.4 Å². The average molecular weight is 219 g/mol. The van der Waals surface area contributed by atoms with Crippen LogP contribution in [0, 0.1) is 5.41 Å². The third kappa shape index (κ3) is 2.48. The van der Waals surface area contributed by atoms with Crippen LogP contribution in [-0.4, -0.2) is 28.9 Å². The zero-order chi connectivity index (χ0) is 11.4. The molecule has 1 fully saturated rings. The summed E-state index contributed by atoms with van der Waals surface area (Å²) in [5, 5.41) is 7.25. The van der Waals surface area contributed by atoms with Crippen molar-refractivity contribution in [1.29, 1.82) is 5.41 Å². The number of aromatic nitrogens is 2. The molecule has 0 saturated carbocycles. The van der Waals surface area contributed by atoms with E-state index >= 15 is 0 Å². The number of nitrogens with zero attached hydrogens (tertiary/aromatic N) is 3. The lowest BCUT2D eigenvalue weighted by atomic mass is 10.2. The molecular formula is C11H17N5. The third-order valence-electron chi connectivity index (χ3n) is 2.84. The summed E-state index contributed by atoms with van der Waals surface area (Å²) in [6.45, 7) is 2.10. The smallest absolute Gasteiger partial charge is 0.147 e. The van der Waals surface area contributed by atoms with Crippen LogP contribution in [0.3, 0.4) is 0 Å². The number of rotatable bonds is 2. The molecule has 0 aromatic carbocycles. The Morgan fingerprint density at radius 2 is 1.81 bits per heavy atom. The molecule has 0 atom stereocenters. The molecule has 86 valence electrons. The number of hydrogen-bond donors (Lipinski definition) is 2. The molecule has 0 unspecified atom stereocenters. The van der Waals surface area contributed by atoms with Gasteiger partial charge in [0.1, 0.15) is 17.3 Å². The van der Waals surface area contributed by atoms with Crippen LogP contribution in [-0.2, 0) is 0 Å². The molecule has 1 aliphatic heterocycles. The summed E-state index contributed by atoms with van der Waals surface area (Å²) in [6, 6.07) is 0. The molecular weight excluding hydrogens is 202 g/mol. The van der Waals surface area contributed by atoms with E-state index < -0.39 is 0 Å². The highest BCUT2D eigenvalue weighted by Gasteiger charge is 2.11. The van der Waals surface area contributed by atoms with Gasteiger partial charge in [-0.2, -0.15) is 0 Å². The fourth-order valence-corrected chi connectivity index (χ4v) is 1.92. The van der Waals surface area contributed by atoms with Crippen LogP contribution in [0.5, 0.6) is 0 Å². The lowest BCUT2D eigenvalue weighted by molar-refractivity contribution is 0.726. The van der Waals surface area contributed by atoms with Crippen molar-refractivity contribution in [2.24, 2.45) is 5.73 Å². The van der Waals surface area contributed by atoms with Crippen molar-refractivity contribution in [2.75, 3.05) is 18.0 Å². The van der Waals surface area contributed by atoms with Crippen molar-refractivity contribution in [3.63, 3.8) is 0 Å². The summed E-state index contributed by atoms with van der Waals surface area (Å²) in [5.41, 5.74) is 5.78. The van der Waals surface area contributed by atoms with E-state index in [2.05, 4.69) is 14.9 Å². The minimum atomic E-state index is -0.0325. The predicted octanol–water partition coefficient (Wildman–Crippen LogP) is 1.14. The maximum absolute atomic E-state index is 7.25. The number of nitrogens with two attached hydrogens (primary N) is 1. The highest BCUT2D eigenvalue weighted by atomic mass is 15.2. The molecule has 1 aromatic heterocycles. The van der Waals surface area contributed by atoms with E-state index in [1.807, 2.05) is 0 Å². The second-order valence-corrected chi connectivity index (χ2v) is 4.07. The van der Waals surface area contributed by atoms with Crippen molar-refractivity contribution in [3.8, 4) is 0 Å². The molecule has 5 nitrogen and oxygen atoms in total. The Morgan fingerprint density at radius 3 is 2.31 bits per heavy atom. The van der Waals surface area contributed by atoms with E-state index in [0.29, 0.717) is 5.69 Å². The van der Waals surface area contributed by atoms with Crippen LogP contribution in [0.2, 0.25) is 0 Å². The number of hydrogen-bond acceptors (Lipinski definition) is 4. The summed E-state index contributed by atoms with van der Waals surface area (Å²) in [6.07, 6.45) is 8.32. The van der Waals surface area contributed by atoms with Crippen molar-refractivity contribution in [2.45, 2.75) is 25.7 Å². The molecule has 0 radical (unpaired) electrons. The maximum atomic E-state index is 7.25. The average Bonchev–Trinajstić information content (AvgIpc) is 2.57. The van der Waals surface area contributed by atoms with Gasteiger partial charge in [0.25, 0.3) is 0 Å². The zero-order valence-electron chi connectivity index (χ0n) is 9.32. The molecule has 16 heavy (non-hydrogen) atoms. The van der Waals surface area contributed by atoms with E-state index in [1.54, 1.807) is 12.4 Å². The van der Waals surface area contributed by atoms with Gasteiger partial charge in [0.05, 0.1) is 12.4 Å². The minimum Gasteiger partial charge on any atom is -0.382 e. The molecule has 1 aliphatic rings. The molecule has 0 amide bonds. The fourth-order valence-electron chi connectivity index (χ4n) is 1.92. The highest BCUT2D eigenvalue weighted by Crippen LogP contribution is 2.16. The van der Waals surface area contributed by atoms with E-state index in [9.17, 15) is 0 Å². The zero-order valence-corrected chi connectivity index (χ0v) is 9.32. The number of nitrogen functional groups attached to an aromatic ring is 1. The van der Waals surface area contributed by atoms with Gasteiger partial charge in [0, 0.05) is 13.1 Å². The van der Waals surface area contributed by atoms with Crippen LogP contribution >= 0.6 is 0 Å². The second-order valence-electron chi connectivity index (χ2n) is 4.07. The van der Waals surface area contributed by atoms with Gasteiger partial charge in [-0.1, -0.05) is 12.8 Å². The van der Waals surface area contributed by atoms with Crippen molar-refractivity contribution >= 4 is 11.7 Å². The van der Waals surface area contributed by atoms with Gasteiger partial charge in [-0.05, 0) is 12.8 Å². The van der Waals surface area contributed by atoms with Gasteiger partial charge in [-0.3, -0.25) is 5.41 Å². The van der Waals surface area contributed by atoms with Gasteiger partial charge in [0.2, 0.25) is 0 Å². The van der Waals surface area contributed by atoms with Gasteiger partial charge >= 0.3 is 0 Å². The van der Waals surface area contributed by atoms with Crippen molar-refractivity contribution < 1.29 is 0 Å². The molecule has 1 aromatic rings. The summed E-state index contributed by atoms with van der Waals surface area (Å²) in [5.74, 6) is 0.863. The van der Waals surface area contributed by atoms with Gasteiger partial charge in [0.15, 0.2) is 0 Å². The van der Waals surface area contributed by atoms with Gasteiger partial charge in [-0.15, -0.1) is 0 Å². The standard InChI is InChI=1S/C11H17N5/c12-11(13)9-7-15-10(8-14-9)16-5-3-1-2-4-6-16/h7-8H,1-6H2,(H3,12,13). The molecule has 2 heterocycles. The Morgan fingerprint density at radius 1 is 1.12 bits per heavy atom. The molecule has 0 bridgehead atoms. The van der Waals surface area contributed by atoms with E-state index in [4.69, 9.17) is 11.1 Å². The first-order chi connectivity index (χ1) is 7.77. The molecule has 0 spiro atoms. The highest BCUT2D eigenvalue weighted by molar-refractivity contribution is 5.92. The Balaban J connectivity index is 2.10. The Bertz CT molecular complexity index is 351. The van der Waals surface area contributed by atoms with Crippen molar-refractivity contribution in [1.82, 2.24) is 9.97 Å². The molecule has 1 saturated heterocycles. The van der Waals surface area contributed by atoms with Crippen molar-refractivity contribution in [3.05, 3.63) is 18.1 Å². The summed E-state index contributed by atoms with van der Waals surface area (Å²) in [4.78, 5) is 10.7. The van der Waals surface area contributed by atoms with E-state index in [0.717, 1.165) is 18.9 Å². The van der Waals surface area contributed by atoms with Gasteiger partial charge < -0.3 is 10.6 Å². The topological polar surface area (TPSA) is 78.9 Å². The monoisotopic (exact) mass is 219 g/mol. The minimum absolute atomic E-state index is 0.0325. The van der Waals surface area contributed by atoms with Crippen LogP contribution in [0.15, 0.2) is 12.4 Å². The van der Waals surface area contributed by atoms with Crippen LogP contribution in [0.25, 0.3) is 0 Å². The molecule has 3 N–H and O–H groups in total. The van der Waals surface area contributed by atoms with E-state index in [1.165, 1.54) is 25.7 Å². The first kappa shape index (κ1) is 10.9. The number of nitrogens with one attached hydrogen (secondary N) is 1.